The molecule has 7 nitrogen and oxygen atoms in total. The van der Waals surface area contributed by atoms with Crippen molar-refractivity contribution in [3.05, 3.63) is 66.8 Å². The Labute approximate surface area is 267 Å². The Hall–Kier alpha value is -3.88. The first kappa shape index (κ1) is 35.6. The summed E-state index contributed by atoms with van der Waals surface area (Å²) in [6.07, 6.45) is 10.3. The van der Waals surface area contributed by atoms with E-state index in [1.165, 1.54) is 24.9 Å². The minimum Gasteiger partial charge on any atom is -0.350 e. The van der Waals surface area contributed by atoms with Crippen molar-refractivity contribution >= 4 is 34.0 Å². The summed E-state index contributed by atoms with van der Waals surface area (Å²) in [6.45, 7) is 25.0. The SMILES string of the molecule is C=C(C(C)=N/C=C\CCC)c1cn(-c2cc(F)cc(F)c2)c2ncnc(N3CCN(C(C)=O)CC3C)c12.CCC(C)C(C)(C)C. The summed E-state index contributed by atoms with van der Waals surface area (Å²) in [5.41, 5.74) is 3.41. The van der Waals surface area contributed by atoms with E-state index in [0.717, 1.165) is 30.4 Å². The molecular formula is C36H50F2N6O. The normalized spacial score (nSPS) is 16.6. The van der Waals surface area contributed by atoms with E-state index in [1.54, 1.807) is 23.9 Å². The lowest BCUT2D eigenvalue weighted by atomic mass is 9.81. The molecule has 1 saturated heterocycles. The number of unbranched alkanes of at least 4 members (excludes halogenated alkanes) is 1. The van der Waals surface area contributed by atoms with Crippen LogP contribution in [0.5, 0.6) is 0 Å². The molecule has 0 saturated carbocycles. The van der Waals surface area contributed by atoms with Gasteiger partial charge in [-0.3, -0.25) is 9.79 Å². The quantitative estimate of drug-likeness (QED) is 0.237. The van der Waals surface area contributed by atoms with Crippen molar-refractivity contribution in [3.63, 3.8) is 0 Å². The molecule has 3 heterocycles. The van der Waals surface area contributed by atoms with Gasteiger partial charge < -0.3 is 14.4 Å². The molecule has 9 heteroatoms. The number of rotatable bonds is 8. The summed E-state index contributed by atoms with van der Waals surface area (Å²) in [7, 11) is 0. The van der Waals surface area contributed by atoms with Gasteiger partial charge in [0.15, 0.2) is 5.65 Å². The van der Waals surface area contributed by atoms with Crippen molar-refractivity contribution < 1.29 is 13.6 Å². The van der Waals surface area contributed by atoms with Crippen LogP contribution in [0.1, 0.15) is 87.1 Å². The third-order valence-electron chi connectivity index (χ3n) is 8.71. The monoisotopic (exact) mass is 620 g/mol. The molecular weight excluding hydrogens is 570 g/mol. The van der Waals surface area contributed by atoms with E-state index < -0.39 is 11.6 Å². The number of aliphatic imine (C=N–C) groups is 1. The highest BCUT2D eigenvalue weighted by atomic mass is 19.1. The minimum atomic E-state index is -0.681. The minimum absolute atomic E-state index is 0.00132. The van der Waals surface area contributed by atoms with Crippen LogP contribution in [0.4, 0.5) is 14.6 Å². The molecule has 244 valence electrons. The number of carbonyl (C=O) groups excluding carboxylic acids is 1. The highest BCUT2D eigenvalue weighted by molar-refractivity contribution is 6.25. The largest absolute Gasteiger partial charge is 0.350 e. The van der Waals surface area contributed by atoms with Crippen LogP contribution in [0.25, 0.3) is 22.3 Å². The van der Waals surface area contributed by atoms with Crippen molar-refractivity contribution in [2.75, 3.05) is 24.5 Å². The summed E-state index contributed by atoms with van der Waals surface area (Å²) in [6, 6.07) is 3.36. The molecule has 2 aromatic heterocycles. The number of aromatic nitrogens is 3. The number of allylic oxidation sites excluding steroid dienone is 2. The van der Waals surface area contributed by atoms with Crippen molar-refractivity contribution in [2.24, 2.45) is 16.3 Å². The fraction of sp³-hybridized carbons (Fsp3) is 0.500. The number of carbonyl (C=O) groups is 1. The summed E-state index contributed by atoms with van der Waals surface area (Å²) < 4.78 is 30.0. The number of fused-ring (bicyclic) bond motifs is 1. The van der Waals surface area contributed by atoms with E-state index in [0.29, 0.717) is 58.9 Å². The van der Waals surface area contributed by atoms with E-state index in [4.69, 9.17) is 0 Å². The maximum atomic E-state index is 14.2. The average Bonchev–Trinajstić information content (AvgIpc) is 3.38. The first-order chi connectivity index (χ1) is 21.2. The smallest absolute Gasteiger partial charge is 0.219 e. The van der Waals surface area contributed by atoms with Crippen LogP contribution in [0, 0.1) is 23.0 Å². The van der Waals surface area contributed by atoms with E-state index in [1.807, 2.05) is 24.8 Å². The standard InChI is InChI=1S/C28H32F2N6O.C8H18/c1-6-7-8-9-31-20(4)19(3)25-16-36(24-13-22(29)12-23(30)14-24)28-26(25)27(32-17-33-28)35-11-10-34(21(5)37)15-18(35)2;1-6-7(2)8(3,4)5/h8-9,12-14,16-18H,3,6-7,10-11,15H2,1-2,4-5H3;7H,6H2,1-5H3/b9-8-,31-20?;. The Morgan fingerprint density at radius 3 is 2.33 bits per heavy atom. The second-order valence-corrected chi connectivity index (χ2v) is 13.0. The topological polar surface area (TPSA) is 66.6 Å². The molecule has 1 aliphatic heterocycles. The average molecular weight is 621 g/mol. The van der Waals surface area contributed by atoms with Crippen LogP contribution in [0.15, 0.2) is 54.6 Å². The second-order valence-electron chi connectivity index (χ2n) is 13.0. The number of hydrogen-bond donors (Lipinski definition) is 0. The first-order valence-corrected chi connectivity index (χ1v) is 15.9. The van der Waals surface area contributed by atoms with Gasteiger partial charge in [-0.25, -0.2) is 18.7 Å². The Balaban J connectivity index is 0.000000610. The van der Waals surface area contributed by atoms with Gasteiger partial charge in [0.05, 0.1) is 11.1 Å². The molecule has 0 aliphatic carbocycles. The number of benzene rings is 1. The van der Waals surface area contributed by atoms with Gasteiger partial charge in [-0.1, -0.05) is 67.0 Å². The van der Waals surface area contributed by atoms with Gasteiger partial charge in [0.1, 0.15) is 23.8 Å². The van der Waals surface area contributed by atoms with Gasteiger partial charge in [-0.05, 0) is 49.3 Å². The number of anilines is 1. The Bertz CT molecular complexity index is 1530. The first-order valence-electron chi connectivity index (χ1n) is 15.9. The van der Waals surface area contributed by atoms with Crippen LogP contribution >= 0.6 is 0 Å². The maximum absolute atomic E-state index is 14.2. The number of halogens is 2. The highest BCUT2D eigenvalue weighted by Crippen LogP contribution is 2.36. The number of hydrogen-bond acceptors (Lipinski definition) is 5. The van der Waals surface area contributed by atoms with Gasteiger partial charge in [-0.2, -0.15) is 0 Å². The molecule has 1 aliphatic rings. The fourth-order valence-corrected chi connectivity index (χ4v) is 5.22. The molecule has 2 atom stereocenters. The molecule has 45 heavy (non-hydrogen) atoms. The summed E-state index contributed by atoms with van der Waals surface area (Å²) >= 11 is 0. The van der Waals surface area contributed by atoms with Crippen molar-refractivity contribution in [3.8, 4) is 5.69 Å². The van der Waals surface area contributed by atoms with E-state index in [9.17, 15) is 13.6 Å². The summed E-state index contributed by atoms with van der Waals surface area (Å²) in [5, 5.41) is 0.715. The van der Waals surface area contributed by atoms with E-state index in [-0.39, 0.29) is 11.9 Å². The lowest BCUT2D eigenvalue weighted by Crippen LogP contribution is -2.53. The van der Waals surface area contributed by atoms with Gasteiger partial charge >= 0.3 is 0 Å². The molecule has 4 rings (SSSR count). The van der Waals surface area contributed by atoms with Gasteiger partial charge in [0, 0.05) is 62.3 Å². The molecule has 1 fully saturated rings. The molecule has 2 unspecified atom stereocenters. The van der Waals surface area contributed by atoms with Crippen LogP contribution in [0.2, 0.25) is 0 Å². The van der Waals surface area contributed by atoms with Crippen LogP contribution in [-0.2, 0) is 4.79 Å². The lowest BCUT2D eigenvalue weighted by molar-refractivity contribution is -0.129. The second kappa shape index (κ2) is 15.4. The zero-order chi connectivity index (χ0) is 33.5. The van der Waals surface area contributed by atoms with Crippen LogP contribution in [-0.4, -0.2) is 56.7 Å². The third kappa shape index (κ3) is 8.86. The van der Waals surface area contributed by atoms with Crippen LogP contribution < -0.4 is 4.90 Å². The van der Waals surface area contributed by atoms with Crippen LogP contribution in [0.3, 0.4) is 0 Å². The molecule has 1 amide bonds. The van der Waals surface area contributed by atoms with E-state index >= 15 is 0 Å². The predicted molar refractivity (Wildman–Crippen MR) is 183 cm³/mol. The molecule has 3 aromatic rings. The highest BCUT2D eigenvalue weighted by Gasteiger charge is 2.29. The third-order valence-corrected chi connectivity index (χ3v) is 8.71. The zero-order valence-electron chi connectivity index (χ0n) is 28.5. The lowest BCUT2D eigenvalue weighted by Gasteiger charge is -2.40. The fourth-order valence-electron chi connectivity index (χ4n) is 5.22. The Morgan fingerprint density at radius 2 is 1.80 bits per heavy atom. The molecule has 0 bridgehead atoms. The predicted octanol–water partition coefficient (Wildman–Crippen LogP) is 8.62. The zero-order valence-corrected chi connectivity index (χ0v) is 28.5. The molecule has 0 radical (unpaired) electrons. The van der Waals surface area contributed by atoms with Crippen molar-refractivity contribution in [1.82, 2.24) is 19.4 Å². The number of nitrogens with zero attached hydrogens (tertiary/aromatic N) is 6. The van der Waals surface area contributed by atoms with Crippen molar-refractivity contribution in [1.29, 1.82) is 0 Å². The summed E-state index contributed by atoms with van der Waals surface area (Å²) in [5.74, 6) is 0.207. The number of amides is 1. The molecule has 0 N–H and O–H groups in total. The molecule has 0 spiro atoms. The van der Waals surface area contributed by atoms with Gasteiger partial charge in [-0.15, -0.1) is 0 Å². The number of piperazine rings is 1. The van der Waals surface area contributed by atoms with Crippen molar-refractivity contribution in [2.45, 2.75) is 87.6 Å². The maximum Gasteiger partial charge on any atom is 0.219 e. The van der Waals surface area contributed by atoms with Gasteiger partial charge in [0.2, 0.25) is 5.91 Å². The summed E-state index contributed by atoms with van der Waals surface area (Å²) in [4.78, 5) is 29.6. The molecule has 1 aromatic carbocycles. The van der Waals surface area contributed by atoms with E-state index in [2.05, 4.69) is 68.0 Å². The Kier molecular flexibility index (Phi) is 12.2. The van der Waals surface area contributed by atoms with Gasteiger partial charge in [0.25, 0.3) is 0 Å². The Morgan fingerprint density at radius 1 is 1.13 bits per heavy atom.